The van der Waals surface area contributed by atoms with Crippen molar-refractivity contribution < 1.29 is 4.79 Å². The van der Waals surface area contributed by atoms with Gasteiger partial charge in [-0.25, -0.2) is 4.98 Å². The monoisotopic (exact) mass is 442 g/mol. The van der Waals surface area contributed by atoms with E-state index < -0.39 is 0 Å². The predicted molar refractivity (Wildman–Crippen MR) is 131 cm³/mol. The minimum Gasteiger partial charge on any atom is -0.368 e. The van der Waals surface area contributed by atoms with Crippen LogP contribution in [0.3, 0.4) is 0 Å². The molecule has 33 heavy (non-hydrogen) atoms. The van der Waals surface area contributed by atoms with E-state index in [0.717, 1.165) is 67.0 Å². The number of rotatable bonds is 5. The normalized spacial score (nSPS) is 20.5. The Morgan fingerprint density at radius 1 is 1.12 bits per heavy atom. The van der Waals surface area contributed by atoms with E-state index in [0.29, 0.717) is 17.6 Å². The number of benzene rings is 1. The lowest BCUT2D eigenvalue weighted by molar-refractivity contribution is 0.101. The molecule has 0 bridgehead atoms. The van der Waals surface area contributed by atoms with E-state index in [-0.39, 0.29) is 5.78 Å². The van der Waals surface area contributed by atoms with Crippen molar-refractivity contribution in [2.24, 2.45) is 0 Å². The zero-order valence-corrected chi connectivity index (χ0v) is 19.5. The molecule has 2 aliphatic rings. The molecule has 5 rings (SSSR count). The van der Waals surface area contributed by atoms with Crippen molar-refractivity contribution >= 4 is 28.3 Å². The first-order valence-electron chi connectivity index (χ1n) is 11.7. The molecule has 7 heteroatoms. The van der Waals surface area contributed by atoms with Gasteiger partial charge in [-0.3, -0.25) is 4.79 Å². The number of fused-ring (bicyclic) bond motifs is 1. The molecule has 1 N–H and O–H groups in total. The summed E-state index contributed by atoms with van der Waals surface area (Å²) in [5.41, 5.74) is 4.71. The molecule has 0 spiro atoms. The van der Waals surface area contributed by atoms with Crippen LogP contribution in [0.2, 0.25) is 0 Å². The Kier molecular flexibility index (Phi) is 5.55. The molecule has 7 nitrogen and oxygen atoms in total. The highest BCUT2D eigenvalue weighted by molar-refractivity contribution is 5.94. The number of carbonyl (C=O) groups excluding carboxylic acids is 1. The van der Waals surface area contributed by atoms with E-state index in [1.165, 1.54) is 5.69 Å². The fourth-order valence-corrected chi connectivity index (χ4v) is 5.12. The predicted octanol–water partition coefficient (Wildman–Crippen LogP) is 3.67. The quantitative estimate of drug-likeness (QED) is 0.608. The Morgan fingerprint density at radius 2 is 1.85 bits per heavy atom. The average molecular weight is 443 g/mol. The molecule has 0 amide bonds. The molecule has 1 saturated carbocycles. The lowest BCUT2D eigenvalue weighted by Gasteiger charge is -2.38. The molecular formula is C26H30N6O. The largest absolute Gasteiger partial charge is 0.368 e. The Bertz CT molecular complexity index is 1240. The number of ketones is 1. The van der Waals surface area contributed by atoms with Crippen LogP contribution in [0.4, 0.5) is 11.5 Å². The topological polar surface area (TPSA) is 77.2 Å². The van der Waals surface area contributed by atoms with Crippen molar-refractivity contribution in [1.29, 1.82) is 5.26 Å². The van der Waals surface area contributed by atoms with Crippen LogP contribution in [0.15, 0.2) is 36.5 Å². The first kappa shape index (κ1) is 21.5. The first-order chi connectivity index (χ1) is 16.0. The molecule has 2 aromatic heterocycles. The van der Waals surface area contributed by atoms with E-state index in [9.17, 15) is 10.1 Å². The number of hydrogen-bond donors (Lipinski definition) is 1. The molecule has 1 aliphatic carbocycles. The van der Waals surface area contributed by atoms with E-state index in [2.05, 4.69) is 44.8 Å². The number of nitrogens with one attached hydrogen (secondary N) is 1. The lowest BCUT2D eigenvalue weighted by Crippen LogP contribution is -2.47. The summed E-state index contributed by atoms with van der Waals surface area (Å²) in [6.07, 6.45) is 4.11. The van der Waals surface area contributed by atoms with Gasteiger partial charge < -0.3 is 19.7 Å². The van der Waals surface area contributed by atoms with Gasteiger partial charge in [-0.15, -0.1) is 0 Å². The highest BCUT2D eigenvalue weighted by Gasteiger charge is 2.31. The maximum atomic E-state index is 11.7. The summed E-state index contributed by atoms with van der Waals surface area (Å²) < 4.78 is 2.21. The van der Waals surface area contributed by atoms with Gasteiger partial charge in [-0.1, -0.05) is 0 Å². The standard InChI is InChI=1S/C26H30N6O/c1-17-12-19(18(2)33)4-6-24(17)30-8-10-31(11-9-30)25-7-5-23-20(15-27)16-32(26(23)29-25)22-13-21(14-22)28-3/h4-7,12,16,21-22,28H,8-11,13-14H2,1-3H3. The van der Waals surface area contributed by atoms with E-state index in [1.807, 2.05) is 31.4 Å². The molecule has 0 radical (unpaired) electrons. The van der Waals surface area contributed by atoms with Crippen molar-refractivity contribution in [3.8, 4) is 6.07 Å². The lowest BCUT2D eigenvalue weighted by atomic mass is 9.87. The summed E-state index contributed by atoms with van der Waals surface area (Å²) in [5, 5.41) is 13.9. The molecule has 0 atom stereocenters. The molecule has 1 aromatic carbocycles. The van der Waals surface area contributed by atoms with Gasteiger partial charge in [-0.2, -0.15) is 5.26 Å². The SMILES string of the molecule is CNC1CC(n2cc(C#N)c3ccc(N4CCN(c5ccc(C(C)=O)cc5C)CC4)nc32)C1. The Labute approximate surface area is 194 Å². The molecule has 170 valence electrons. The van der Waals surface area contributed by atoms with Gasteiger partial charge >= 0.3 is 0 Å². The zero-order valence-electron chi connectivity index (χ0n) is 19.5. The maximum Gasteiger partial charge on any atom is 0.159 e. The van der Waals surface area contributed by atoms with Crippen molar-refractivity contribution in [3.05, 3.63) is 53.2 Å². The summed E-state index contributed by atoms with van der Waals surface area (Å²) in [7, 11) is 2.00. The summed E-state index contributed by atoms with van der Waals surface area (Å²) in [5.74, 6) is 1.07. The van der Waals surface area contributed by atoms with E-state index in [1.54, 1.807) is 6.92 Å². The summed E-state index contributed by atoms with van der Waals surface area (Å²) in [6, 6.07) is 13.4. The third-order valence-electron chi connectivity index (χ3n) is 7.25. The molecule has 2 fully saturated rings. The maximum absolute atomic E-state index is 11.7. The third kappa shape index (κ3) is 3.85. The number of hydrogen-bond acceptors (Lipinski definition) is 6. The number of nitrogens with zero attached hydrogens (tertiary/aromatic N) is 5. The van der Waals surface area contributed by atoms with Gasteiger partial charge in [0.25, 0.3) is 0 Å². The second-order valence-electron chi connectivity index (χ2n) is 9.24. The highest BCUT2D eigenvalue weighted by Crippen LogP contribution is 2.36. The van der Waals surface area contributed by atoms with Crippen molar-refractivity contribution in [3.63, 3.8) is 0 Å². The average Bonchev–Trinajstić information content (AvgIpc) is 3.16. The Morgan fingerprint density at radius 3 is 2.48 bits per heavy atom. The number of nitriles is 1. The van der Waals surface area contributed by atoms with Crippen LogP contribution in [0.25, 0.3) is 11.0 Å². The fourth-order valence-electron chi connectivity index (χ4n) is 5.12. The molecule has 1 aliphatic heterocycles. The van der Waals surface area contributed by atoms with Gasteiger partial charge in [0.05, 0.1) is 5.56 Å². The second kappa shape index (κ2) is 8.53. The van der Waals surface area contributed by atoms with E-state index in [4.69, 9.17) is 4.98 Å². The Balaban J connectivity index is 1.35. The van der Waals surface area contributed by atoms with E-state index >= 15 is 0 Å². The van der Waals surface area contributed by atoms with Crippen molar-refractivity contribution in [2.45, 2.75) is 38.8 Å². The summed E-state index contributed by atoms with van der Waals surface area (Å²) >= 11 is 0. The number of Topliss-reactive ketones (excluding diaryl/α,β-unsaturated/α-hetero) is 1. The van der Waals surface area contributed by atoms with Crippen LogP contribution in [-0.2, 0) is 0 Å². The first-order valence-corrected chi connectivity index (χ1v) is 11.7. The molecule has 3 heterocycles. The minimum atomic E-state index is 0.101. The molecule has 0 unspecified atom stereocenters. The van der Waals surface area contributed by atoms with Gasteiger partial charge in [-0.05, 0) is 69.6 Å². The van der Waals surface area contributed by atoms with Crippen LogP contribution < -0.4 is 15.1 Å². The van der Waals surface area contributed by atoms with Gasteiger partial charge in [0.15, 0.2) is 5.78 Å². The second-order valence-corrected chi connectivity index (χ2v) is 9.24. The smallest absolute Gasteiger partial charge is 0.159 e. The highest BCUT2D eigenvalue weighted by atomic mass is 16.1. The molecule has 3 aromatic rings. The Hall–Kier alpha value is -3.37. The number of anilines is 2. The third-order valence-corrected chi connectivity index (χ3v) is 7.25. The zero-order chi connectivity index (χ0) is 23.1. The van der Waals surface area contributed by atoms with Gasteiger partial charge in [0.1, 0.15) is 17.5 Å². The number of aryl methyl sites for hydroxylation is 1. The van der Waals surface area contributed by atoms with Crippen LogP contribution >= 0.6 is 0 Å². The fraction of sp³-hybridized carbons (Fsp3) is 0.423. The van der Waals surface area contributed by atoms with Gasteiger partial charge in [0.2, 0.25) is 0 Å². The number of aromatic nitrogens is 2. The molecular weight excluding hydrogens is 412 g/mol. The number of pyridine rings is 1. The minimum absolute atomic E-state index is 0.101. The van der Waals surface area contributed by atoms with Crippen LogP contribution in [0.1, 0.15) is 47.3 Å². The summed E-state index contributed by atoms with van der Waals surface area (Å²) in [6.45, 7) is 7.24. The van der Waals surface area contributed by atoms with Crippen molar-refractivity contribution in [1.82, 2.24) is 14.9 Å². The van der Waals surface area contributed by atoms with Crippen LogP contribution in [-0.4, -0.2) is 54.6 Å². The number of carbonyl (C=O) groups is 1. The summed E-state index contributed by atoms with van der Waals surface area (Å²) in [4.78, 5) is 21.4. The van der Waals surface area contributed by atoms with Crippen LogP contribution in [0, 0.1) is 18.3 Å². The number of piperazine rings is 1. The van der Waals surface area contributed by atoms with Gasteiger partial charge in [0, 0.05) is 61.1 Å². The van der Waals surface area contributed by atoms with Crippen molar-refractivity contribution in [2.75, 3.05) is 43.0 Å². The molecule has 1 saturated heterocycles. The van der Waals surface area contributed by atoms with Crippen LogP contribution in [0.5, 0.6) is 0 Å².